The van der Waals surface area contributed by atoms with Gasteiger partial charge in [0, 0.05) is 18.1 Å². The van der Waals surface area contributed by atoms with Crippen LogP contribution in [-0.2, 0) is 11.2 Å². The number of carbonyl (C=O) groups excluding carboxylic acids is 2. The molecule has 2 aromatic heterocycles. The highest BCUT2D eigenvalue weighted by atomic mass is 32.1. The number of Topliss-reactive ketones (excluding diaryl/α,β-unsaturated/α-hetero) is 1. The van der Waals surface area contributed by atoms with E-state index in [1.165, 1.54) is 18.3 Å². The van der Waals surface area contributed by atoms with Crippen LogP contribution in [0.15, 0.2) is 34.9 Å². The third-order valence-electron chi connectivity index (χ3n) is 3.76. The van der Waals surface area contributed by atoms with Crippen molar-refractivity contribution in [3.63, 3.8) is 0 Å². The summed E-state index contributed by atoms with van der Waals surface area (Å²) in [5.41, 5.74) is 2.89. The first-order valence-corrected chi connectivity index (χ1v) is 8.56. The van der Waals surface area contributed by atoms with Gasteiger partial charge in [-0.2, -0.15) is 0 Å². The van der Waals surface area contributed by atoms with Crippen molar-refractivity contribution in [3.8, 4) is 11.3 Å². The third kappa shape index (κ3) is 3.66. The van der Waals surface area contributed by atoms with Gasteiger partial charge in [-0.3, -0.25) is 9.59 Å². The molecule has 1 amide bonds. The predicted octanol–water partition coefficient (Wildman–Crippen LogP) is 3.80. The molecular weight excluding hydrogens is 338 g/mol. The number of anilines is 1. The number of nitrogens with zero attached hydrogens (tertiary/aromatic N) is 2. The van der Waals surface area contributed by atoms with E-state index >= 15 is 0 Å². The van der Waals surface area contributed by atoms with Gasteiger partial charge in [0.2, 0.25) is 5.91 Å². The van der Waals surface area contributed by atoms with Gasteiger partial charge in [0.05, 0.1) is 22.7 Å². The Labute approximate surface area is 148 Å². The molecule has 3 aromatic rings. The summed E-state index contributed by atoms with van der Waals surface area (Å²) in [5, 5.41) is 7.02. The highest BCUT2D eigenvalue weighted by Crippen LogP contribution is 2.31. The molecule has 6 nitrogen and oxygen atoms in total. The molecule has 0 saturated carbocycles. The fourth-order valence-electron chi connectivity index (χ4n) is 2.48. The van der Waals surface area contributed by atoms with Crippen LogP contribution in [0.3, 0.4) is 0 Å². The van der Waals surface area contributed by atoms with Gasteiger partial charge in [-0.05, 0) is 13.8 Å². The first-order valence-electron chi connectivity index (χ1n) is 7.74. The van der Waals surface area contributed by atoms with Crippen LogP contribution in [-0.4, -0.2) is 21.8 Å². The van der Waals surface area contributed by atoms with Crippen molar-refractivity contribution >= 4 is 28.2 Å². The van der Waals surface area contributed by atoms with Crippen LogP contribution in [0.4, 0.5) is 5.13 Å². The van der Waals surface area contributed by atoms with Crippen molar-refractivity contribution in [2.75, 3.05) is 5.32 Å². The van der Waals surface area contributed by atoms with E-state index in [1.807, 2.05) is 30.3 Å². The second-order valence-electron chi connectivity index (χ2n) is 5.65. The van der Waals surface area contributed by atoms with Crippen LogP contribution in [0, 0.1) is 13.8 Å². The van der Waals surface area contributed by atoms with Crippen LogP contribution in [0.5, 0.6) is 0 Å². The number of benzene rings is 1. The Balaban J connectivity index is 1.84. The summed E-state index contributed by atoms with van der Waals surface area (Å²) >= 11 is 1.18. The molecule has 2 heterocycles. The van der Waals surface area contributed by atoms with Gasteiger partial charge in [-0.1, -0.05) is 46.8 Å². The number of rotatable bonds is 5. The number of carbonyl (C=O) groups is 2. The summed E-state index contributed by atoms with van der Waals surface area (Å²) in [7, 11) is 0. The molecule has 0 fully saturated rings. The fraction of sp³-hybridized carbons (Fsp3) is 0.222. The second-order valence-corrected chi connectivity index (χ2v) is 6.65. The molecule has 0 saturated heterocycles. The summed E-state index contributed by atoms with van der Waals surface area (Å²) in [6.07, 6.45) is 0.150. The molecule has 0 aliphatic carbocycles. The minimum absolute atomic E-state index is 0.0809. The molecule has 0 aliphatic rings. The van der Waals surface area contributed by atoms with Crippen LogP contribution >= 0.6 is 11.3 Å². The molecule has 1 aromatic carbocycles. The van der Waals surface area contributed by atoms with E-state index in [0.717, 1.165) is 11.1 Å². The van der Waals surface area contributed by atoms with Crippen molar-refractivity contribution in [3.05, 3.63) is 52.2 Å². The molecule has 0 unspecified atom stereocenters. The number of aromatic nitrogens is 2. The SMILES string of the molecule is CC(=O)c1sc(NC(=O)Cc2c(C)noc2C)nc1-c1ccccc1. The maximum absolute atomic E-state index is 12.3. The number of aryl methyl sites for hydroxylation is 2. The van der Waals surface area contributed by atoms with E-state index in [4.69, 9.17) is 4.52 Å². The Bertz CT molecular complexity index is 909. The average molecular weight is 355 g/mol. The molecule has 1 N–H and O–H groups in total. The van der Waals surface area contributed by atoms with Gasteiger partial charge < -0.3 is 9.84 Å². The minimum atomic E-state index is -0.224. The zero-order valence-electron chi connectivity index (χ0n) is 14.1. The number of hydrogen-bond donors (Lipinski definition) is 1. The van der Waals surface area contributed by atoms with Crippen molar-refractivity contribution in [1.29, 1.82) is 0 Å². The third-order valence-corrected chi connectivity index (χ3v) is 4.83. The van der Waals surface area contributed by atoms with E-state index in [2.05, 4.69) is 15.5 Å². The summed E-state index contributed by atoms with van der Waals surface area (Å²) in [6.45, 7) is 5.06. The summed E-state index contributed by atoms with van der Waals surface area (Å²) < 4.78 is 5.07. The molecule has 25 heavy (non-hydrogen) atoms. The summed E-state index contributed by atoms with van der Waals surface area (Å²) in [4.78, 5) is 29.2. The van der Waals surface area contributed by atoms with E-state index in [0.29, 0.717) is 27.2 Å². The monoisotopic (exact) mass is 355 g/mol. The Kier molecular flexibility index (Phi) is 4.76. The van der Waals surface area contributed by atoms with Crippen molar-refractivity contribution < 1.29 is 14.1 Å². The van der Waals surface area contributed by atoms with Gasteiger partial charge in [0.15, 0.2) is 10.9 Å². The zero-order chi connectivity index (χ0) is 18.0. The number of ketones is 1. The molecule has 0 bridgehead atoms. The molecule has 0 spiro atoms. The maximum Gasteiger partial charge on any atom is 0.230 e. The molecule has 128 valence electrons. The second kappa shape index (κ2) is 6.98. The largest absolute Gasteiger partial charge is 0.361 e. The summed E-state index contributed by atoms with van der Waals surface area (Å²) in [5.74, 6) is 0.321. The summed E-state index contributed by atoms with van der Waals surface area (Å²) in [6, 6.07) is 9.44. The van der Waals surface area contributed by atoms with Crippen molar-refractivity contribution in [2.24, 2.45) is 0 Å². The lowest BCUT2D eigenvalue weighted by Gasteiger charge is -2.01. The predicted molar refractivity (Wildman–Crippen MR) is 95.9 cm³/mol. The topological polar surface area (TPSA) is 85.1 Å². The van der Waals surface area contributed by atoms with E-state index in [-0.39, 0.29) is 18.1 Å². The number of hydrogen-bond acceptors (Lipinski definition) is 6. The van der Waals surface area contributed by atoms with E-state index in [1.54, 1.807) is 13.8 Å². The fourth-order valence-corrected chi connectivity index (χ4v) is 3.38. The van der Waals surface area contributed by atoms with E-state index in [9.17, 15) is 9.59 Å². The molecule has 0 atom stereocenters. The minimum Gasteiger partial charge on any atom is -0.361 e. The number of amides is 1. The van der Waals surface area contributed by atoms with Gasteiger partial charge >= 0.3 is 0 Å². The van der Waals surface area contributed by atoms with Crippen LogP contribution < -0.4 is 5.32 Å². The van der Waals surface area contributed by atoms with Crippen molar-refractivity contribution in [1.82, 2.24) is 10.1 Å². The average Bonchev–Trinajstić information content (AvgIpc) is 3.14. The highest BCUT2D eigenvalue weighted by Gasteiger charge is 2.19. The zero-order valence-corrected chi connectivity index (χ0v) is 14.9. The van der Waals surface area contributed by atoms with Crippen LogP contribution in [0.25, 0.3) is 11.3 Å². The highest BCUT2D eigenvalue weighted by molar-refractivity contribution is 7.18. The Morgan fingerprint density at radius 1 is 1.20 bits per heavy atom. The number of nitrogens with one attached hydrogen (secondary N) is 1. The van der Waals surface area contributed by atoms with Crippen LogP contribution in [0.2, 0.25) is 0 Å². The molecule has 7 heteroatoms. The molecule has 3 rings (SSSR count). The first kappa shape index (κ1) is 17.0. The lowest BCUT2D eigenvalue weighted by Crippen LogP contribution is -2.15. The first-order chi connectivity index (χ1) is 12.0. The van der Waals surface area contributed by atoms with Gasteiger partial charge in [0.1, 0.15) is 5.76 Å². The van der Waals surface area contributed by atoms with Crippen LogP contribution in [0.1, 0.15) is 33.6 Å². The Hall–Kier alpha value is -2.80. The standard InChI is InChI=1S/C18H17N3O3S/c1-10-14(12(3)24-21-10)9-15(23)19-18-20-16(17(25-18)11(2)22)13-7-5-4-6-8-13/h4-8H,9H2,1-3H3,(H,19,20,23). The van der Waals surface area contributed by atoms with Gasteiger partial charge in [0.25, 0.3) is 0 Å². The molecular formula is C18H17N3O3S. The maximum atomic E-state index is 12.3. The lowest BCUT2D eigenvalue weighted by molar-refractivity contribution is -0.115. The van der Waals surface area contributed by atoms with E-state index < -0.39 is 0 Å². The van der Waals surface area contributed by atoms with Crippen molar-refractivity contribution in [2.45, 2.75) is 27.2 Å². The van der Waals surface area contributed by atoms with Gasteiger partial charge in [-0.25, -0.2) is 4.98 Å². The Morgan fingerprint density at radius 2 is 1.92 bits per heavy atom. The normalized spacial score (nSPS) is 10.7. The molecule has 0 aliphatic heterocycles. The number of thiazole rings is 1. The molecule has 0 radical (unpaired) electrons. The Morgan fingerprint density at radius 3 is 2.52 bits per heavy atom. The quantitative estimate of drug-likeness (QED) is 0.704. The smallest absolute Gasteiger partial charge is 0.230 e. The van der Waals surface area contributed by atoms with Gasteiger partial charge in [-0.15, -0.1) is 0 Å². The lowest BCUT2D eigenvalue weighted by atomic mass is 10.1.